The standard InChI is InChI=1S/C22H16O5/c1-13(23)16-11-19(14-7-3-2-4-8-14)26-20(16)12-17-21(24)15-9-5-6-10-18(15)27-22(17)25/h2-11,24H,12H2,1H3. The Balaban J connectivity index is 1.83. The predicted molar refractivity (Wildman–Crippen MR) is 101 cm³/mol. The number of fused-ring (bicyclic) bond motifs is 1. The van der Waals surface area contributed by atoms with Crippen LogP contribution in [0.1, 0.15) is 28.6 Å². The molecular formula is C22H16O5. The van der Waals surface area contributed by atoms with Crippen molar-refractivity contribution < 1.29 is 18.7 Å². The van der Waals surface area contributed by atoms with Crippen LogP contribution in [0.25, 0.3) is 22.3 Å². The minimum atomic E-state index is -0.654. The second-order valence-electron chi connectivity index (χ2n) is 6.26. The van der Waals surface area contributed by atoms with Gasteiger partial charge in [0.15, 0.2) is 5.78 Å². The summed E-state index contributed by atoms with van der Waals surface area (Å²) >= 11 is 0. The fourth-order valence-corrected chi connectivity index (χ4v) is 3.09. The van der Waals surface area contributed by atoms with E-state index in [2.05, 4.69) is 0 Å². The van der Waals surface area contributed by atoms with Crippen molar-refractivity contribution in [3.63, 3.8) is 0 Å². The number of carbonyl (C=O) groups is 1. The Morgan fingerprint density at radius 1 is 1.00 bits per heavy atom. The van der Waals surface area contributed by atoms with Crippen molar-refractivity contribution in [2.75, 3.05) is 0 Å². The highest BCUT2D eigenvalue weighted by Crippen LogP contribution is 2.31. The van der Waals surface area contributed by atoms with Gasteiger partial charge in [0, 0.05) is 12.0 Å². The maximum absolute atomic E-state index is 12.4. The highest BCUT2D eigenvalue weighted by molar-refractivity contribution is 5.96. The van der Waals surface area contributed by atoms with Crippen molar-refractivity contribution in [2.45, 2.75) is 13.3 Å². The Morgan fingerprint density at radius 3 is 2.44 bits per heavy atom. The molecule has 0 saturated carbocycles. The molecule has 5 heteroatoms. The Kier molecular flexibility index (Phi) is 4.12. The van der Waals surface area contributed by atoms with Crippen molar-refractivity contribution >= 4 is 16.8 Å². The van der Waals surface area contributed by atoms with E-state index < -0.39 is 5.63 Å². The Bertz CT molecular complexity index is 1200. The largest absolute Gasteiger partial charge is 0.507 e. The zero-order valence-electron chi connectivity index (χ0n) is 14.6. The third-order valence-corrected chi connectivity index (χ3v) is 4.46. The lowest BCUT2D eigenvalue weighted by Gasteiger charge is -2.06. The van der Waals surface area contributed by atoms with Crippen LogP contribution in [0, 0.1) is 0 Å². The van der Waals surface area contributed by atoms with Crippen molar-refractivity contribution in [1.29, 1.82) is 0 Å². The molecule has 0 aliphatic heterocycles. The number of benzene rings is 2. The van der Waals surface area contributed by atoms with Crippen LogP contribution in [0.4, 0.5) is 0 Å². The van der Waals surface area contributed by atoms with Crippen molar-refractivity contribution in [3.05, 3.63) is 88.0 Å². The Hall–Kier alpha value is -3.60. The molecule has 0 amide bonds. The molecule has 4 rings (SSSR count). The molecule has 0 atom stereocenters. The van der Waals surface area contributed by atoms with Gasteiger partial charge in [0.25, 0.3) is 0 Å². The molecule has 2 aromatic carbocycles. The lowest BCUT2D eigenvalue weighted by Crippen LogP contribution is -2.09. The van der Waals surface area contributed by atoms with Crippen LogP contribution in [-0.4, -0.2) is 10.9 Å². The van der Waals surface area contributed by atoms with Gasteiger partial charge in [0.1, 0.15) is 22.9 Å². The second-order valence-corrected chi connectivity index (χ2v) is 6.26. The number of furan rings is 1. The zero-order chi connectivity index (χ0) is 19.0. The average molecular weight is 360 g/mol. The molecule has 0 unspecified atom stereocenters. The molecule has 134 valence electrons. The average Bonchev–Trinajstić information content (AvgIpc) is 3.10. The summed E-state index contributed by atoms with van der Waals surface area (Å²) in [6.45, 7) is 1.44. The molecule has 4 aromatic rings. The number of para-hydroxylation sites is 1. The summed E-state index contributed by atoms with van der Waals surface area (Å²) in [6, 6.07) is 17.8. The Labute approximate surface area is 154 Å². The lowest BCUT2D eigenvalue weighted by atomic mass is 10.0. The first kappa shape index (κ1) is 16.8. The molecule has 5 nitrogen and oxygen atoms in total. The summed E-state index contributed by atoms with van der Waals surface area (Å²) in [4.78, 5) is 24.4. The fourth-order valence-electron chi connectivity index (χ4n) is 3.09. The van der Waals surface area contributed by atoms with Gasteiger partial charge in [0.2, 0.25) is 0 Å². The van der Waals surface area contributed by atoms with Crippen molar-refractivity contribution in [2.24, 2.45) is 0 Å². The molecule has 0 aliphatic rings. The molecule has 0 fully saturated rings. The summed E-state index contributed by atoms with van der Waals surface area (Å²) < 4.78 is 11.2. The maximum atomic E-state index is 12.4. The number of ketones is 1. The van der Waals surface area contributed by atoms with Gasteiger partial charge in [-0.25, -0.2) is 4.79 Å². The normalized spacial score (nSPS) is 11.0. The van der Waals surface area contributed by atoms with Crippen molar-refractivity contribution in [1.82, 2.24) is 0 Å². The monoisotopic (exact) mass is 360 g/mol. The molecule has 27 heavy (non-hydrogen) atoms. The van der Waals surface area contributed by atoms with Crippen molar-refractivity contribution in [3.8, 4) is 17.1 Å². The number of Topliss-reactive ketones (excluding diaryl/α,β-unsaturated/α-hetero) is 1. The molecular weight excluding hydrogens is 344 g/mol. The summed E-state index contributed by atoms with van der Waals surface area (Å²) in [5.41, 5.74) is 0.908. The number of hydrogen-bond acceptors (Lipinski definition) is 5. The van der Waals surface area contributed by atoms with Crippen LogP contribution >= 0.6 is 0 Å². The second kappa shape index (κ2) is 6.61. The van der Waals surface area contributed by atoms with Crippen LogP contribution in [0.15, 0.2) is 74.3 Å². The summed E-state index contributed by atoms with van der Waals surface area (Å²) in [5, 5.41) is 11.0. The number of rotatable bonds is 4. The molecule has 0 radical (unpaired) electrons. The summed E-state index contributed by atoms with van der Waals surface area (Å²) in [7, 11) is 0. The Morgan fingerprint density at radius 2 is 1.70 bits per heavy atom. The van der Waals surface area contributed by atoms with E-state index in [0.29, 0.717) is 28.1 Å². The van der Waals surface area contributed by atoms with Gasteiger partial charge >= 0.3 is 5.63 Å². The first-order valence-corrected chi connectivity index (χ1v) is 8.47. The number of hydrogen-bond donors (Lipinski definition) is 1. The van der Waals surface area contributed by atoms with Gasteiger partial charge in [-0.2, -0.15) is 0 Å². The highest BCUT2D eigenvalue weighted by atomic mass is 16.4. The quantitative estimate of drug-likeness (QED) is 0.426. The fraction of sp³-hybridized carbons (Fsp3) is 0.0909. The summed E-state index contributed by atoms with van der Waals surface area (Å²) in [5.74, 6) is 0.509. The van der Waals surface area contributed by atoms with Gasteiger partial charge < -0.3 is 13.9 Å². The zero-order valence-corrected chi connectivity index (χ0v) is 14.6. The third kappa shape index (κ3) is 3.04. The van der Waals surface area contributed by atoms with Crippen LogP contribution in [0.2, 0.25) is 0 Å². The minimum Gasteiger partial charge on any atom is -0.507 e. The predicted octanol–water partition coefficient (Wildman–Crippen LogP) is 4.55. The molecule has 1 N–H and O–H groups in total. The van der Waals surface area contributed by atoms with E-state index in [4.69, 9.17) is 8.83 Å². The van der Waals surface area contributed by atoms with E-state index in [1.54, 1.807) is 30.3 Å². The SMILES string of the molecule is CC(=O)c1cc(-c2ccccc2)oc1Cc1c(O)c2ccccc2oc1=O. The van der Waals surface area contributed by atoms with Crippen LogP contribution in [0.3, 0.4) is 0 Å². The van der Waals surface area contributed by atoms with E-state index in [-0.39, 0.29) is 23.5 Å². The van der Waals surface area contributed by atoms with E-state index in [1.807, 2.05) is 30.3 Å². The maximum Gasteiger partial charge on any atom is 0.343 e. The molecule has 2 heterocycles. The molecule has 0 saturated heterocycles. The first-order valence-electron chi connectivity index (χ1n) is 8.47. The van der Waals surface area contributed by atoms with Gasteiger partial charge in [-0.3, -0.25) is 4.79 Å². The smallest absolute Gasteiger partial charge is 0.343 e. The number of carbonyl (C=O) groups excluding carboxylic acids is 1. The molecule has 0 bridgehead atoms. The minimum absolute atomic E-state index is 0.0409. The van der Waals surface area contributed by atoms with Crippen LogP contribution in [-0.2, 0) is 6.42 Å². The lowest BCUT2D eigenvalue weighted by molar-refractivity contribution is 0.101. The van der Waals surface area contributed by atoms with Crippen LogP contribution in [0.5, 0.6) is 5.75 Å². The van der Waals surface area contributed by atoms with E-state index in [9.17, 15) is 14.7 Å². The molecule has 0 aliphatic carbocycles. The number of aromatic hydroxyl groups is 1. The van der Waals surface area contributed by atoms with Gasteiger partial charge in [0.05, 0.1) is 16.5 Å². The van der Waals surface area contributed by atoms with Crippen LogP contribution < -0.4 is 5.63 Å². The van der Waals surface area contributed by atoms with E-state index >= 15 is 0 Å². The highest BCUT2D eigenvalue weighted by Gasteiger charge is 2.21. The van der Waals surface area contributed by atoms with Gasteiger partial charge in [-0.15, -0.1) is 0 Å². The van der Waals surface area contributed by atoms with E-state index in [1.165, 1.54) is 6.92 Å². The van der Waals surface area contributed by atoms with Gasteiger partial charge in [-0.05, 0) is 25.1 Å². The third-order valence-electron chi connectivity index (χ3n) is 4.46. The topological polar surface area (TPSA) is 80.7 Å². The molecule has 2 aromatic heterocycles. The first-order chi connectivity index (χ1) is 13.0. The molecule has 0 spiro atoms. The van der Waals surface area contributed by atoms with E-state index in [0.717, 1.165) is 5.56 Å². The van der Waals surface area contributed by atoms with Gasteiger partial charge in [-0.1, -0.05) is 42.5 Å². The summed E-state index contributed by atoms with van der Waals surface area (Å²) in [6.07, 6.45) is -0.0409.